The summed E-state index contributed by atoms with van der Waals surface area (Å²) in [6, 6.07) is 2.10. The lowest BCUT2D eigenvalue weighted by Crippen LogP contribution is -2.49. The SMILES string of the molecule is C/C=C(/CC)C(C)N(C(C)CC(C)C)C1CCC(C)CC1. The molecule has 1 aliphatic carbocycles. The van der Waals surface area contributed by atoms with Gasteiger partial charge in [0.25, 0.3) is 0 Å². The van der Waals surface area contributed by atoms with Gasteiger partial charge in [-0.3, -0.25) is 4.90 Å². The van der Waals surface area contributed by atoms with E-state index in [2.05, 4.69) is 59.4 Å². The minimum atomic E-state index is 0.604. The Labute approximate surface area is 134 Å². The van der Waals surface area contributed by atoms with Crippen LogP contribution in [-0.4, -0.2) is 23.0 Å². The van der Waals surface area contributed by atoms with Gasteiger partial charge in [0.1, 0.15) is 0 Å². The van der Waals surface area contributed by atoms with E-state index < -0.39 is 0 Å². The summed E-state index contributed by atoms with van der Waals surface area (Å²) in [5, 5.41) is 0. The standard InChI is InChI=1S/C20H39N/c1-8-19(9-2)18(7)21(17(6)14-15(3)4)20-12-10-16(5)11-13-20/h8,15-18,20H,9-14H2,1-7H3/b19-8-. The third kappa shape index (κ3) is 5.43. The van der Waals surface area contributed by atoms with Crippen molar-refractivity contribution >= 4 is 0 Å². The molecule has 0 amide bonds. The van der Waals surface area contributed by atoms with Gasteiger partial charge >= 0.3 is 0 Å². The summed E-state index contributed by atoms with van der Waals surface area (Å²) in [5.41, 5.74) is 1.62. The van der Waals surface area contributed by atoms with Crippen molar-refractivity contribution in [1.29, 1.82) is 0 Å². The van der Waals surface area contributed by atoms with E-state index in [0.29, 0.717) is 12.1 Å². The van der Waals surface area contributed by atoms with Crippen molar-refractivity contribution in [1.82, 2.24) is 4.90 Å². The molecule has 124 valence electrons. The molecule has 0 bridgehead atoms. The summed E-state index contributed by atoms with van der Waals surface area (Å²) in [6.45, 7) is 16.6. The van der Waals surface area contributed by atoms with Crippen molar-refractivity contribution in [3.8, 4) is 0 Å². The van der Waals surface area contributed by atoms with Gasteiger partial charge < -0.3 is 0 Å². The van der Waals surface area contributed by atoms with Crippen molar-refractivity contribution in [2.75, 3.05) is 0 Å². The summed E-state index contributed by atoms with van der Waals surface area (Å²) in [7, 11) is 0. The molecule has 1 rings (SSSR count). The Bertz CT molecular complexity index is 310. The molecule has 0 saturated heterocycles. The van der Waals surface area contributed by atoms with Crippen LogP contribution >= 0.6 is 0 Å². The van der Waals surface area contributed by atoms with Crippen molar-refractivity contribution in [3.63, 3.8) is 0 Å². The molecule has 0 aromatic heterocycles. The second-order valence-electron chi connectivity index (χ2n) is 7.73. The average Bonchev–Trinajstić information content (AvgIpc) is 2.42. The zero-order chi connectivity index (χ0) is 16.0. The maximum Gasteiger partial charge on any atom is 0.0284 e. The fourth-order valence-corrected chi connectivity index (χ4v) is 4.33. The van der Waals surface area contributed by atoms with Gasteiger partial charge in [0, 0.05) is 18.1 Å². The van der Waals surface area contributed by atoms with E-state index in [0.717, 1.165) is 17.9 Å². The molecule has 1 heteroatoms. The molecule has 2 unspecified atom stereocenters. The number of hydrogen-bond acceptors (Lipinski definition) is 1. The first kappa shape index (κ1) is 18.7. The summed E-state index contributed by atoms with van der Waals surface area (Å²) < 4.78 is 0. The molecule has 0 spiro atoms. The van der Waals surface area contributed by atoms with Gasteiger partial charge in [-0.2, -0.15) is 0 Å². The molecule has 1 aliphatic rings. The molecule has 0 aliphatic heterocycles. The Kier molecular flexibility index (Phi) is 8.02. The molecule has 21 heavy (non-hydrogen) atoms. The van der Waals surface area contributed by atoms with Crippen LogP contribution in [0.5, 0.6) is 0 Å². The van der Waals surface area contributed by atoms with E-state index in [1.807, 2.05) is 0 Å². The van der Waals surface area contributed by atoms with Gasteiger partial charge in [0.15, 0.2) is 0 Å². The van der Waals surface area contributed by atoms with Gasteiger partial charge in [-0.15, -0.1) is 0 Å². The number of allylic oxidation sites excluding steroid dienone is 1. The highest BCUT2D eigenvalue weighted by Gasteiger charge is 2.31. The first-order valence-corrected chi connectivity index (χ1v) is 9.33. The van der Waals surface area contributed by atoms with Crippen molar-refractivity contribution < 1.29 is 0 Å². The first-order chi connectivity index (χ1) is 9.90. The van der Waals surface area contributed by atoms with Crippen LogP contribution in [0.25, 0.3) is 0 Å². The Balaban J connectivity index is 2.88. The van der Waals surface area contributed by atoms with Crippen LogP contribution in [0, 0.1) is 11.8 Å². The smallest absolute Gasteiger partial charge is 0.0284 e. The molecule has 0 aromatic carbocycles. The summed E-state index contributed by atoms with van der Waals surface area (Å²) in [5.74, 6) is 1.72. The monoisotopic (exact) mass is 293 g/mol. The van der Waals surface area contributed by atoms with Crippen LogP contribution in [0.15, 0.2) is 11.6 Å². The quantitative estimate of drug-likeness (QED) is 0.517. The van der Waals surface area contributed by atoms with Crippen molar-refractivity contribution in [2.24, 2.45) is 11.8 Å². The molecular weight excluding hydrogens is 254 g/mol. The molecular formula is C20H39N. The second-order valence-corrected chi connectivity index (χ2v) is 7.73. The Morgan fingerprint density at radius 3 is 2.10 bits per heavy atom. The molecule has 2 atom stereocenters. The maximum absolute atomic E-state index is 2.87. The fourth-order valence-electron chi connectivity index (χ4n) is 4.33. The van der Waals surface area contributed by atoms with E-state index in [1.165, 1.54) is 38.5 Å². The van der Waals surface area contributed by atoms with E-state index in [9.17, 15) is 0 Å². The van der Waals surface area contributed by atoms with Gasteiger partial charge in [-0.25, -0.2) is 0 Å². The Hall–Kier alpha value is -0.300. The number of rotatable bonds is 7. The van der Waals surface area contributed by atoms with Gasteiger partial charge in [-0.1, -0.05) is 39.3 Å². The minimum absolute atomic E-state index is 0.604. The lowest BCUT2D eigenvalue weighted by molar-refractivity contribution is 0.0651. The average molecular weight is 294 g/mol. The summed E-state index contributed by atoms with van der Waals surface area (Å²) >= 11 is 0. The zero-order valence-corrected chi connectivity index (χ0v) is 15.7. The predicted molar refractivity (Wildman–Crippen MR) is 95.7 cm³/mol. The fraction of sp³-hybridized carbons (Fsp3) is 0.900. The van der Waals surface area contributed by atoms with Crippen LogP contribution in [0.1, 0.15) is 87.0 Å². The van der Waals surface area contributed by atoms with E-state index in [1.54, 1.807) is 5.57 Å². The molecule has 1 fully saturated rings. The highest BCUT2D eigenvalue weighted by Crippen LogP contribution is 2.32. The van der Waals surface area contributed by atoms with Gasteiger partial charge in [0.2, 0.25) is 0 Å². The molecule has 1 nitrogen and oxygen atoms in total. The minimum Gasteiger partial charge on any atom is -0.291 e. The number of hydrogen-bond donors (Lipinski definition) is 0. The largest absolute Gasteiger partial charge is 0.291 e. The third-order valence-electron chi connectivity index (χ3n) is 5.49. The van der Waals surface area contributed by atoms with Gasteiger partial charge in [0.05, 0.1) is 0 Å². The highest BCUT2D eigenvalue weighted by atomic mass is 15.2. The molecule has 1 saturated carbocycles. The van der Waals surface area contributed by atoms with E-state index in [4.69, 9.17) is 0 Å². The number of nitrogens with zero attached hydrogens (tertiary/aromatic N) is 1. The lowest BCUT2D eigenvalue weighted by atomic mass is 9.84. The third-order valence-corrected chi connectivity index (χ3v) is 5.49. The molecule has 0 radical (unpaired) electrons. The van der Waals surface area contributed by atoms with E-state index >= 15 is 0 Å². The van der Waals surface area contributed by atoms with Crippen LogP contribution in [-0.2, 0) is 0 Å². The molecule has 0 heterocycles. The molecule has 0 aromatic rings. The first-order valence-electron chi connectivity index (χ1n) is 9.33. The highest BCUT2D eigenvalue weighted by molar-refractivity contribution is 5.10. The lowest BCUT2D eigenvalue weighted by Gasteiger charge is -2.45. The maximum atomic E-state index is 2.87. The predicted octanol–water partition coefficient (Wildman–Crippen LogP) is 6.05. The van der Waals surface area contributed by atoms with Crippen LogP contribution in [0.3, 0.4) is 0 Å². The topological polar surface area (TPSA) is 3.24 Å². The summed E-state index contributed by atoms with van der Waals surface area (Å²) in [6.07, 6.45) is 10.5. The second kappa shape index (κ2) is 8.98. The van der Waals surface area contributed by atoms with E-state index in [-0.39, 0.29) is 0 Å². The van der Waals surface area contributed by atoms with Crippen molar-refractivity contribution in [3.05, 3.63) is 11.6 Å². The van der Waals surface area contributed by atoms with Gasteiger partial charge in [-0.05, 0) is 71.1 Å². The van der Waals surface area contributed by atoms with Crippen LogP contribution in [0.2, 0.25) is 0 Å². The summed E-state index contributed by atoms with van der Waals surface area (Å²) in [4.78, 5) is 2.87. The molecule has 0 N–H and O–H groups in total. The van der Waals surface area contributed by atoms with Crippen LogP contribution < -0.4 is 0 Å². The normalized spacial score (nSPS) is 27.2. The zero-order valence-electron chi connectivity index (χ0n) is 15.7. The Morgan fingerprint density at radius 1 is 1.10 bits per heavy atom. The Morgan fingerprint density at radius 2 is 1.67 bits per heavy atom. The van der Waals surface area contributed by atoms with Crippen molar-refractivity contribution in [2.45, 2.75) is 105 Å². The van der Waals surface area contributed by atoms with Crippen LogP contribution in [0.4, 0.5) is 0 Å².